The predicted octanol–water partition coefficient (Wildman–Crippen LogP) is 4.99. The molecule has 4 nitrogen and oxygen atoms in total. The minimum atomic E-state index is 0.0297. The van der Waals surface area contributed by atoms with E-state index in [2.05, 4.69) is 22.4 Å². The average Bonchev–Trinajstić information content (AvgIpc) is 3.41. The molecule has 1 aromatic carbocycles. The van der Waals surface area contributed by atoms with Gasteiger partial charge >= 0.3 is 0 Å². The number of hydrogen-bond acceptors (Lipinski definition) is 4. The van der Waals surface area contributed by atoms with Crippen molar-refractivity contribution < 1.29 is 9.21 Å². The van der Waals surface area contributed by atoms with Crippen molar-refractivity contribution in [3.05, 3.63) is 65.4 Å². The molecule has 2 heterocycles. The van der Waals surface area contributed by atoms with Crippen molar-refractivity contribution in [3.63, 3.8) is 0 Å². The van der Waals surface area contributed by atoms with E-state index in [-0.39, 0.29) is 11.9 Å². The van der Waals surface area contributed by atoms with E-state index in [0.29, 0.717) is 12.3 Å². The van der Waals surface area contributed by atoms with Crippen molar-refractivity contribution in [1.82, 2.24) is 10.3 Å². The zero-order chi connectivity index (χ0) is 17.8. The minimum Gasteiger partial charge on any atom is -0.462 e. The van der Waals surface area contributed by atoms with Crippen LogP contribution in [-0.4, -0.2) is 10.9 Å². The highest BCUT2D eigenvalue weighted by atomic mass is 32.1. The molecular formula is C21H22N2O2S. The first-order chi connectivity index (χ1) is 12.8. The lowest BCUT2D eigenvalue weighted by atomic mass is 9.91. The van der Waals surface area contributed by atoms with Crippen LogP contribution in [0.2, 0.25) is 0 Å². The summed E-state index contributed by atoms with van der Waals surface area (Å²) in [6.45, 7) is 0. The third kappa shape index (κ3) is 3.88. The Morgan fingerprint density at radius 3 is 2.73 bits per heavy atom. The average molecular weight is 366 g/mol. The van der Waals surface area contributed by atoms with Crippen LogP contribution >= 0.6 is 11.3 Å². The lowest BCUT2D eigenvalue weighted by Crippen LogP contribution is -2.33. The second kappa shape index (κ2) is 7.87. The number of nitrogens with one attached hydrogen (secondary N) is 1. The molecule has 26 heavy (non-hydrogen) atoms. The summed E-state index contributed by atoms with van der Waals surface area (Å²) >= 11 is 1.50. The number of furan rings is 1. The minimum absolute atomic E-state index is 0.0297. The lowest BCUT2D eigenvalue weighted by Gasteiger charge is -2.25. The molecule has 1 aliphatic carbocycles. The number of carbonyl (C=O) groups is 1. The molecule has 0 spiro atoms. The number of carbonyl (C=O) groups excluding carboxylic acids is 1. The second-order valence-electron chi connectivity index (χ2n) is 6.80. The number of amides is 1. The van der Waals surface area contributed by atoms with Crippen LogP contribution in [0.1, 0.15) is 43.0 Å². The zero-order valence-corrected chi connectivity index (χ0v) is 15.4. The van der Waals surface area contributed by atoms with Crippen LogP contribution in [0, 0.1) is 5.92 Å². The van der Waals surface area contributed by atoms with Gasteiger partial charge < -0.3 is 9.73 Å². The first-order valence-electron chi connectivity index (χ1n) is 9.12. The topological polar surface area (TPSA) is 55.1 Å². The summed E-state index contributed by atoms with van der Waals surface area (Å²) in [7, 11) is 0. The molecule has 3 aromatic rings. The summed E-state index contributed by atoms with van der Waals surface area (Å²) in [6, 6.07) is 14.1. The fourth-order valence-corrected chi connectivity index (χ4v) is 4.50. The molecule has 0 saturated heterocycles. The van der Waals surface area contributed by atoms with Crippen molar-refractivity contribution in [1.29, 1.82) is 0 Å². The van der Waals surface area contributed by atoms with Gasteiger partial charge in [0.15, 0.2) is 10.8 Å². The van der Waals surface area contributed by atoms with Crippen LogP contribution in [0.4, 0.5) is 0 Å². The van der Waals surface area contributed by atoms with Crippen LogP contribution in [0.15, 0.2) is 58.5 Å². The monoisotopic (exact) mass is 366 g/mol. The van der Waals surface area contributed by atoms with Crippen molar-refractivity contribution in [2.75, 3.05) is 0 Å². The van der Waals surface area contributed by atoms with Gasteiger partial charge in [0.1, 0.15) is 0 Å². The maximum atomic E-state index is 12.7. The van der Waals surface area contributed by atoms with Gasteiger partial charge in [0.05, 0.1) is 24.4 Å². The Morgan fingerprint density at radius 1 is 1.19 bits per heavy atom. The van der Waals surface area contributed by atoms with Gasteiger partial charge in [-0.1, -0.05) is 43.2 Å². The molecule has 0 aliphatic heterocycles. The van der Waals surface area contributed by atoms with Gasteiger partial charge in [-0.25, -0.2) is 4.98 Å². The molecule has 134 valence electrons. The third-order valence-corrected chi connectivity index (χ3v) is 5.88. The summed E-state index contributed by atoms with van der Waals surface area (Å²) in [4.78, 5) is 17.2. The Kier molecular flexibility index (Phi) is 5.16. The van der Waals surface area contributed by atoms with E-state index < -0.39 is 0 Å². The standard InChI is InChI=1S/C21H22N2O2S/c24-19(13-17-14-26-21(22-17)18-11-6-12-25-18)23-20(16-9-4-5-10-16)15-7-2-1-3-8-15/h1-3,6-8,11-12,14,16,20H,4-5,9-10,13H2,(H,23,24). The van der Waals surface area contributed by atoms with Crippen LogP contribution in [0.3, 0.4) is 0 Å². The summed E-state index contributed by atoms with van der Waals surface area (Å²) < 4.78 is 5.38. The van der Waals surface area contributed by atoms with Crippen molar-refractivity contribution in [2.45, 2.75) is 38.1 Å². The number of aromatic nitrogens is 1. The summed E-state index contributed by atoms with van der Waals surface area (Å²) in [5.41, 5.74) is 1.99. The SMILES string of the molecule is O=C(Cc1csc(-c2ccco2)n1)NC(c1ccccc1)C1CCCC1. The normalized spacial score (nSPS) is 15.8. The molecule has 0 bridgehead atoms. The van der Waals surface area contributed by atoms with E-state index in [9.17, 15) is 4.79 Å². The molecule has 1 aliphatic rings. The highest BCUT2D eigenvalue weighted by molar-refractivity contribution is 7.13. The van der Waals surface area contributed by atoms with E-state index >= 15 is 0 Å². The van der Waals surface area contributed by atoms with E-state index in [4.69, 9.17) is 4.42 Å². The quantitative estimate of drug-likeness (QED) is 0.668. The van der Waals surface area contributed by atoms with Gasteiger partial charge in [-0.15, -0.1) is 11.3 Å². The first-order valence-corrected chi connectivity index (χ1v) is 10.00. The number of nitrogens with zero attached hydrogens (tertiary/aromatic N) is 1. The fourth-order valence-electron chi connectivity index (χ4n) is 3.72. The van der Waals surface area contributed by atoms with Crippen molar-refractivity contribution in [3.8, 4) is 10.8 Å². The van der Waals surface area contributed by atoms with Crippen molar-refractivity contribution in [2.24, 2.45) is 5.92 Å². The van der Waals surface area contributed by atoms with Gasteiger partial charge in [0.25, 0.3) is 0 Å². The molecule has 1 saturated carbocycles. The predicted molar refractivity (Wildman–Crippen MR) is 103 cm³/mol. The third-order valence-electron chi connectivity index (χ3n) is 4.97. The highest BCUT2D eigenvalue weighted by Gasteiger charge is 2.27. The summed E-state index contributed by atoms with van der Waals surface area (Å²) in [5.74, 6) is 1.30. The van der Waals surface area contributed by atoms with E-state index in [1.807, 2.05) is 35.7 Å². The van der Waals surface area contributed by atoms with Gasteiger partial charge in [-0.3, -0.25) is 4.79 Å². The Balaban J connectivity index is 1.45. The van der Waals surface area contributed by atoms with Gasteiger partial charge in [0, 0.05) is 5.38 Å². The van der Waals surface area contributed by atoms with E-state index in [1.165, 1.54) is 42.6 Å². The first kappa shape index (κ1) is 17.0. The number of thiazole rings is 1. The van der Waals surface area contributed by atoms with Gasteiger partial charge in [0.2, 0.25) is 5.91 Å². The summed E-state index contributed by atoms with van der Waals surface area (Å²) in [5, 5.41) is 6.02. The number of benzene rings is 1. The Bertz CT molecular complexity index is 836. The Morgan fingerprint density at radius 2 is 2.00 bits per heavy atom. The highest BCUT2D eigenvalue weighted by Crippen LogP contribution is 2.35. The molecule has 1 unspecified atom stereocenters. The lowest BCUT2D eigenvalue weighted by molar-refractivity contribution is -0.121. The summed E-state index contributed by atoms with van der Waals surface area (Å²) in [6.07, 6.45) is 6.80. The molecule has 2 aromatic heterocycles. The second-order valence-corrected chi connectivity index (χ2v) is 7.66. The maximum Gasteiger partial charge on any atom is 0.226 e. The molecule has 4 rings (SSSR count). The largest absolute Gasteiger partial charge is 0.462 e. The van der Waals surface area contributed by atoms with Crippen molar-refractivity contribution >= 4 is 17.2 Å². The van der Waals surface area contributed by atoms with Crippen LogP contribution < -0.4 is 5.32 Å². The molecule has 0 radical (unpaired) electrons. The van der Waals surface area contributed by atoms with Gasteiger partial charge in [-0.2, -0.15) is 0 Å². The van der Waals surface area contributed by atoms with E-state index in [0.717, 1.165) is 16.5 Å². The Labute approximate surface area is 157 Å². The smallest absolute Gasteiger partial charge is 0.226 e. The van der Waals surface area contributed by atoms with Crippen LogP contribution in [0.25, 0.3) is 10.8 Å². The molecule has 1 fully saturated rings. The molecule has 1 atom stereocenters. The maximum absolute atomic E-state index is 12.7. The van der Waals surface area contributed by atoms with Crippen LogP contribution in [0.5, 0.6) is 0 Å². The molecule has 1 N–H and O–H groups in total. The molecule has 1 amide bonds. The van der Waals surface area contributed by atoms with Gasteiger partial charge in [-0.05, 0) is 36.5 Å². The fraction of sp³-hybridized carbons (Fsp3) is 0.333. The zero-order valence-electron chi connectivity index (χ0n) is 14.6. The Hall–Kier alpha value is -2.40. The number of rotatable bonds is 6. The van der Waals surface area contributed by atoms with Crippen LogP contribution in [-0.2, 0) is 11.2 Å². The van der Waals surface area contributed by atoms with E-state index in [1.54, 1.807) is 6.26 Å². The molecular weight excluding hydrogens is 344 g/mol. The molecule has 5 heteroatoms. The number of hydrogen-bond donors (Lipinski definition) is 1.